The number of nitrogens with one attached hydrogen (secondary N) is 1. The molecule has 156 valence electrons. The van der Waals surface area contributed by atoms with Crippen LogP contribution in [0.5, 0.6) is 11.5 Å². The first-order chi connectivity index (χ1) is 14.0. The van der Waals surface area contributed by atoms with Crippen LogP contribution in [0, 0.1) is 0 Å². The van der Waals surface area contributed by atoms with Crippen molar-refractivity contribution in [3.8, 4) is 11.5 Å². The number of anilines is 1. The first-order valence-corrected chi connectivity index (χ1v) is 10.2. The number of hydrogen-bond acceptors (Lipinski definition) is 5. The summed E-state index contributed by atoms with van der Waals surface area (Å²) in [6.07, 6.45) is 2.58. The monoisotopic (exact) mass is 463 g/mol. The molecule has 2 aromatic carbocycles. The normalized spacial score (nSPS) is 10.3. The van der Waals surface area contributed by atoms with Gasteiger partial charge in [-0.1, -0.05) is 35.3 Å². The number of ether oxygens (including phenoxy) is 3. The van der Waals surface area contributed by atoms with E-state index in [1.165, 1.54) is 0 Å². The fourth-order valence-electron chi connectivity index (χ4n) is 2.68. The van der Waals surface area contributed by atoms with Crippen molar-refractivity contribution in [1.82, 2.24) is 0 Å². The molecule has 0 aliphatic heterocycles. The predicted octanol–water partition coefficient (Wildman–Crippen LogP) is 4.99. The van der Waals surface area contributed by atoms with Crippen LogP contribution in [0.4, 0.5) is 5.69 Å². The maximum absolute atomic E-state index is 12.4. The molecule has 0 bridgehead atoms. The molecule has 0 saturated heterocycles. The van der Waals surface area contributed by atoms with Crippen LogP contribution in [0.3, 0.4) is 0 Å². The Kier molecular flexibility index (Phi) is 8.99. The third kappa shape index (κ3) is 6.78. The lowest BCUT2D eigenvalue weighted by atomic mass is 10.1. The molecule has 0 unspecified atom stereocenters. The van der Waals surface area contributed by atoms with E-state index in [9.17, 15) is 9.59 Å². The summed E-state index contributed by atoms with van der Waals surface area (Å²) in [4.78, 5) is 24.4. The lowest BCUT2D eigenvalue weighted by Gasteiger charge is -2.12. The van der Waals surface area contributed by atoms with E-state index in [-0.39, 0.29) is 18.3 Å². The zero-order valence-corrected chi connectivity index (χ0v) is 18.5. The second-order valence-corrected chi connectivity index (χ2v) is 7.27. The molecule has 1 N–H and O–H groups in total. The zero-order valence-electron chi connectivity index (χ0n) is 16.9. The number of carbonyl (C=O) groups excluding carboxylic acids is 2. The van der Waals surface area contributed by atoms with E-state index in [2.05, 4.69) is 21.2 Å². The largest absolute Gasteiger partial charge is 0.493 e. The van der Waals surface area contributed by atoms with E-state index >= 15 is 0 Å². The number of benzene rings is 2. The highest BCUT2D eigenvalue weighted by Gasteiger charge is 2.12. The summed E-state index contributed by atoms with van der Waals surface area (Å²) >= 11 is 3.50. The predicted molar refractivity (Wildman–Crippen MR) is 116 cm³/mol. The number of aryl methyl sites for hydroxylation is 1. The van der Waals surface area contributed by atoms with Gasteiger partial charge in [-0.3, -0.25) is 4.79 Å². The Morgan fingerprint density at radius 3 is 2.48 bits per heavy atom. The molecule has 2 rings (SSSR count). The molecule has 2 aromatic rings. The highest BCUT2D eigenvalue weighted by Crippen LogP contribution is 2.33. The van der Waals surface area contributed by atoms with Gasteiger partial charge in [-0.2, -0.15) is 0 Å². The molecule has 0 saturated carbocycles. The van der Waals surface area contributed by atoms with E-state index in [4.69, 9.17) is 14.2 Å². The minimum Gasteiger partial charge on any atom is -0.493 e. The molecule has 0 heterocycles. The van der Waals surface area contributed by atoms with Gasteiger partial charge in [0.25, 0.3) is 0 Å². The van der Waals surface area contributed by atoms with Gasteiger partial charge in [0.05, 0.1) is 26.4 Å². The molecule has 29 heavy (non-hydrogen) atoms. The van der Waals surface area contributed by atoms with Crippen LogP contribution >= 0.6 is 15.9 Å². The van der Waals surface area contributed by atoms with Crippen LogP contribution in [0.25, 0.3) is 0 Å². The van der Waals surface area contributed by atoms with Crippen molar-refractivity contribution in [2.24, 2.45) is 0 Å². The Morgan fingerprint density at radius 1 is 1.07 bits per heavy atom. The van der Waals surface area contributed by atoms with Crippen molar-refractivity contribution < 1.29 is 23.8 Å². The van der Waals surface area contributed by atoms with Gasteiger partial charge in [0, 0.05) is 16.6 Å². The topological polar surface area (TPSA) is 73.9 Å². The molecule has 1 amide bonds. The molecular weight excluding hydrogens is 438 g/mol. The van der Waals surface area contributed by atoms with Gasteiger partial charge < -0.3 is 19.5 Å². The highest BCUT2D eigenvalue weighted by molar-refractivity contribution is 9.10. The van der Waals surface area contributed by atoms with Crippen molar-refractivity contribution in [3.63, 3.8) is 0 Å². The fourth-order valence-corrected chi connectivity index (χ4v) is 3.20. The Hall–Kier alpha value is -2.54. The molecule has 0 spiro atoms. The van der Waals surface area contributed by atoms with Gasteiger partial charge in [0.1, 0.15) is 0 Å². The minimum atomic E-state index is -0.385. The van der Waals surface area contributed by atoms with Crippen LogP contribution < -0.4 is 14.8 Å². The van der Waals surface area contributed by atoms with Crippen molar-refractivity contribution >= 4 is 33.5 Å². The number of halogens is 1. The van der Waals surface area contributed by atoms with Crippen molar-refractivity contribution in [2.45, 2.75) is 32.6 Å². The Balaban J connectivity index is 1.96. The second kappa shape index (κ2) is 11.5. The summed E-state index contributed by atoms with van der Waals surface area (Å²) < 4.78 is 16.6. The Morgan fingerprint density at radius 2 is 1.79 bits per heavy atom. The van der Waals surface area contributed by atoms with Gasteiger partial charge in [-0.15, -0.1) is 0 Å². The van der Waals surface area contributed by atoms with E-state index < -0.39 is 0 Å². The first-order valence-electron chi connectivity index (χ1n) is 9.46. The fraction of sp³-hybridized carbons (Fsp3) is 0.364. The van der Waals surface area contributed by atoms with Crippen molar-refractivity contribution in [1.29, 1.82) is 0 Å². The molecule has 6 nitrogen and oxygen atoms in total. The van der Waals surface area contributed by atoms with Crippen LogP contribution in [0.2, 0.25) is 0 Å². The maximum Gasteiger partial charge on any atom is 0.338 e. The van der Waals surface area contributed by atoms with Crippen molar-refractivity contribution in [2.75, 3.05) is 26.1 Å². The van der Waals surface area contributed by atoms with Crippen LogP contribution in [-0.2, 0) is 16.0 Å². The third-order valence-electron chi connectivity index (χ3n) is 4.29. The maximum atomic E-state index is 12.4. The van der Waals surface area contributed by atoms with Crippen LogP contribution in [0.15, 0.2) is 40.9 Å². The van der Waals surface area contributed by atoms with Crippen LogP contribution in [0.1, 0.15) is 42.1 Å². The lowest BCUT2D eigenvalue weighted by molar-refractivity contribution is -0.116. The standard InChI is InChI=1S/C22H26BrNO5/c1-4-5-11-29-22(26)16-7-6-8-17(12-16)24-21(25)10-9-15-13-19(27-2)20(28-3)14-18(15)23/h6-8,12-14H,4-5,9-11H2,1-3H3,(H,24,25). The number of rotatable bonds is 10. The van der Waals surface area contributed by atoms with E-state index in [0.717, 1.165) is 22.9 Å². The number of methoxy groups -OCH3 is 2. The highest BCUT2D eigenvalue weighted by atomic mass is 79.9. The molecule has 0 aliphatic rings. The molecule has 0 atom stereocenters. The molecule has 7 heteroatoms. The average molecular weight is 464 g/mol. The summed E-state index contributed by atoms with van der Waals surface area (Å²) in [5.74, 6) is 0.697. The van der Waals surface area contributed by atoms with Gasteiger partial charge in [0.2, 0.25) is 5.91 Å². The SMILES string of the molecule is CCCCOC(=O)c1cccc(NC(=O)CCc2cc(OC)c(OC)cc2Br)c1. The number of amides is 1. The molecule has 0 radical (unpaired) electrons. The van der Waals surface area contributed by atoms with Gasteiger partial charge in [-0.05, 0) is 48.7 Å². The second-order valence-electron chi connectivity index (χ2n) is 6.42. The van der Waals surface area contributed by atoms with E-state index in [1.54, 1.807) is 38.5 Å². The molecule has 0 fully saturated rings. The quantitative estimate of drug-likeness (QED) is 0.396. The summed E-state index contributed by atoms with van der Waals surface area (Å²) in [7, 11) is 3.15. The Labute approximate surface area is 179 Å². The smallest absolute Gasteiger partial charge is 0.338 e. The summed E-state index contributed by atoms with van der Waals surface area (Å²) in [6, 6.07) is 10.4. The zero-order chi connectivity index (χ0) is 21.2. The van der Waals surface area contributed by atoms with Gasteiger partial charge in [0.15, 0.2) is 11.5 Å². The van der Waals surface area contributed by atoms with Gasteiger partial charge >= 0.3 is 5.97 Å². The minimum absolute atomic E-state index is 0.150. The third-order valence-corrected chi connectivity index (χ3v) is 5.03. The summed E-state index contributed by atoms with van der Waals surface area (Å²) in [5.41, 5.74) is 1.92. The summed E-state index contributed by atoms with van der Waals surface area (Å²) in [6.45, 7) is 2.43. The van der Waals surface area contributed by atoms with Crippen LogP contribution in [-0.4, -0.2) is 32.7 Å². The number of carbonyl (C=O) groups is 2. The number of unbranched alkanes of at least 4 members (excludes halogenated alkanes) is 1. The molecule has 0 aliphatic carbocycles. The lowest BCUT2D eigenvalue weighted by Crippen LogP contribution is -2.13. The number of hydrogen-bond donors (Lipinski definition) is 1. The van der Waals surface area contributed by atoms with E-state index in [0.29, 0.717) is 35.8 Å². The van der Waals surface area contributed by atoms with Gasteiger partial charge in [-0.25, -0.2) is 4.79 Å². The average Bonchev–Trinajstić information content (AvgIpc) is 2.72. The van der Waals surface area contributed by atoms with Crippen molar-refractivity contribution in [3.05, 3.63) is 52.0 Å². The number of esters is 1. The molecular formula is C22H26BrNO5. The Bertz CT molecular complexity index is 853. The summed E-state index contributed by atoms with van der Waals surface area (Å²) in [5, 5.41) is 2.83. The molecule has 0 aromatic heterocycles. The first kappa shape index (κ1) is 22.7. The van der Waals surface area contributed by atoms with E-state index in [1.807, 2.05) is 19.1 Å².